The number of rotatable bonds is 10. The van der Waals surface area contributed by atoms with E-state index in [1.54, 1.807) is 4.90 Å². The summed E-state index contributed by atoms with van der Waals surface area (Å²) >= 11 is 0. The third-order valence-corrected chi connectivity index (χ3v) is 4.50. The standard InChI is InChI=1S/C18H27N3O3/c1-2-20(18-7-10-24-13-18)8-9-21(14-23)17-5-3-15(4-6-17)11-16(19)12-22/h3-6,12,14,16,18H,2,7-11,13,19H2,1H3. The van der Waals surface area contributed by atoms with Crippen LogP contribution in [0.4, 0.5) is 5.69 Å². The largest absolute Gasteiger partial charge is 0.380 e. The molecule has 1 fully saturated rings. The Bertz CT molecular complexity index is 515. The van der Waals surface area contributed by atoms with Gasteiger partial charge in [-0.15, -0.1) is 0 Å². The van der Waals surface area contributed by atoms with Crippen molar-refractivity contribution in [3.63, 3.8) is 0 Å². The van der Waals surface area contributed by atoms with E-state index in [0.29, 0.717) is 19.0 Å². The number of nitrogens with zero attached hydrogens (tertiary/aromatic N) is 2. The highest BCUT2D eigenvalue weighted by Crippen LogP contribution is 2.16. The molecule has 0 saturated carbocycles. The molecule has 0 aromatic heterocycles. The second-order valence-electron chi connectivity index (χ2n) is 6.12. The van der Waals surface area contributed by atoms with E-state index in [2.05, 4.69) is 11.8 Å². The van der Waals surface area contributed by atoms with Crippen molar-refractivity contribution in [2.24, 2.45) is 5.73 Å². The van der Waals surface area contributed by atoms with Gasteiger partial charge in [-0.1, -0.05) is 19.1 Å². The number of aldehydes is 1. The Morgan fingerprint density at radius 1 is 1.29 bits per heavy atom. The molecule has 0 spiro atoms. The number of benzene rings is 1. The van der Waals surface area contributed by atoms with Gasteiger partial charge in [0.2, 0.25) is 6.41 Å². The van der Waals surface area contributed by atoms with Gasteiger partial charge >= 0.3 is 0 Å². The first kappa shape index (κ1) is 18.6. The van der Waals surface area contributed by atoms with E-state index < -0.39 is 6.04 Å². The lowest BCUT2D eigenvalue weighted by Crippen LogP contribution is -2.41. The minimum Gasteiger partial charge on any atom is -0.380 e. The third-order valence-electron chi connectivity index (χ3n) is 4.50. The van der Waals surface area contributed by atoms with Crippen LogP contribution in [0.2, 0.25) is 0 Å². The monoisotopic (exact) mass is 333 g/mol. The zero-order valence-electron chi connectivity index (χ0n) is 14.3. The number of anilines is 1. The Balaban J connectivity index is 1.92. The number of likely N-dealkylation sites (N-methyl/N-ethyl adjacent to an activating group) is 1. The van der Waals surface area contributed by atoms with E-state index in [0.717, 1.165) is 56.7 Å². The van der Waals surface area contributed by atoms with Gasteiger partial charge in [0, 0.05) is 31.4 Å². The molecule has 1 saturated heterocycles. The average molecular weight is 333 g/mol. The molecule has 2 atom stereocenters. The molecular formula is C18H27N3O3. The molecule has 2 rings (SSSR count). The summed E-state index contributed by atoms with van der Waals surface area (Å²) in [7, 11) is 0. The van der Waals surface area contributed by atoms with Gasteiger partial charge in [0.1, 0.15) is 6.29 Å². The topological polar surface area (TPSA) is 75.9 Å². The van der Waals surface area contributed by atoms with E-state index >= 15 is 0 Å². The summed E-state index contributed by atoms with van der Waals surface area (Å²) in [5.74, 6) is 0. The Kier molecular flexibility index (Phi) is 7.36. The van der Waals surface area contributed by atoms with Gasteiger partial charge in [0.05, 0.1) is 12.6 Å². The van der Waals surface area contributed by atoms with Gasteiger partial charge in [-0.3, -0.25) is 9.69 Å². The van der Waals surface area contributed by atoms with Gasteiger partial charge in [-0.2, -0.15) is 0 Å². The normalized spacial score (nSPS) is 18.5. The van der Waals surface area contributed by atoms with Crippen LogP contribution in [0.5, 0.6) is 0 Å². The minimum atomic E-state index is -0.482. The Hall–Kier alpha value is -1.76. The van der Waals surface area contributed by atoms with Crippen LogP contribution in [0, 0.1) is 0 Å². The smallest absolute Gasteiger partial charge is 0.214 e. The molecule has 1 aliphatic rings. The van der Waals surface area contributed by atoms with E-state index in [4.69, 9.17) is 10.5 Å². The summed E-state index contributed by atoms with van der Waals surface area (Å²) in [4.78, 5) is 26.1. The molecule has 1 aliphatic heterocycles. The third kappa shape index (κ3) is 5.12. The van der Waals surface area contributed by atoms with Crippen molar-refractivity contribution in [3.8, 4) is 0 Å². The second kappa shape index (κ2) is 9.52. The Morgan fingerprint density at radius 3 is 2.58 bits per heavy atom. The lowest BCUT2D eigenvalue weighted by atomic mass is 10.1. The molecule has 0 bridgehead atoms. The molecule has 2 unspecified atom stereocenters. The van der Waals surface area contributed by atoms with E-state index in [1.165, 1.54) is 0 Å². The number of hydrogen-bond donors (Lipinski definition) is 1. The van der Waals surface area contributed by atoms with Crippen molar-refractivity contribution in [2.75, 3.05) is 37.7 Å². The number of ether oxygens (including phenoxy) is 1. The number of carbonyl (C=O) groups excluding carboxylic acids is 2. The lowest BCUT2D eigenvalue weighted by molar-refractivity contribution is -0.109. The molecule has 132 valence electrons. The molecule has 1 heterocycles. The molecule has 2 N–H and O–H groups in total. The highest BCUT2D eigenvalue weighted by Gasteiger charge is 2.22. The summed E-state index contributed by atoms with van der Waals surface area (Å²) in [6.45, 7) is 6.14. The number of carbonyl (C=O) groups is 2. The van der Waals surface area contributed by atoms with Crippen molar-refractivity contribution in [2.45, 2.75) is 31.8 Å². The maximum absolute atomic E-state index is 11.5. The van der Waals surface area contributed by atoms with Gasteiger partial charge in [0.25, 0.3) is 0 Å². The predicted octanol–water partition coefficient (Wildman–Crippen LogP) is 0.829. The quantitative estimate of drug-likeness (QED) is 0.642. The molecule has 1 amide bonds. The van der Waals surface area contributed by atoms with Crippen molar-refractivity contribution in [1.82, 2.24) is 4.90 Å². The molecule has 0 radical (unpaired) electrons. The van der Waals surface area contributed by atoms with Crippen molar-refractivity contribution < 1.29 is 14.3 Å². The van der Waals surface area contributed by atoms with Crippen LogP contribution in [0.15, 0.2) is 24.3 Å². The van der Waals surface area contributed by atoms with E-state index in [9.17, 15) is 9.59 Å². The summed E-state index contributed by atoms with van der Waals surface area (Å²) < 4.78 is 5.45. The first-order chi connectivity index (χ1) is 11.7. The van der Waals surface area contributed by atoms with Crippen LogP contribution in [0.25, 0.3) is 0 Å². The molecule has 24 heavy (non-hydrogen) atoms. The van der Waals surface area contributed by atoms with E-state index in [1.807, 2.05) is 24.3 Å². The van der Waals surface area contributed by atoms with Gasteiger partial charge in [-0.05, 0) is 37.1 Å². The minimum absolute atomic E-state index is 0.454. The molecule has 6 heteroatoms. The number of amides is 1. The Morgan fingerprint density at radius 2 is 2.04 bits per heavy atom. The highest BCUT2D eigenvalue weighted by molar-refractivity contribution is 5.75. The SMILES string of the molecule is CCN(CCN(C=O)c1ccc(CC(N)C=O)cc1)C1CCOC1. The Labute approximate surface area is 143 Å². The van der Waals surface area contributed by atoms with Crippen molar-refractivity contribution in [1.29, 1.82) is 0 Å². The van der Waals surface area contributed by atoms with Crippen LogP contribution >= 0.6 is 0 Å². The van der Waals surface area contributed by atoms with Gasteiger partial charge in [-0.25, -0.2) is 0 Å². The highest BCUT2D eigenvalue weighted by atomic mass is 16.5. The van der Waals surface area contributed by atoms with Crippen LogP contribution < -0.4 is 10.6 Å². The van der Waals surface area contributed by atoms with Crippen LogP contribution in [0.3, 0.4) is 0 Å². The van der Waals surface area contributed by atoms with Crippen molar-refractivity contribution in [3.05, 3.63) is 29.8 Å². The van der Waals surface area contributed by atoms with Crippen LogP contribution in [-0.4, -0.2) is 62.5 Å². The van der Waals surface area contributed by atoms with Gasteiger partial charge in [0.15, 0.2) is 0 Å². The second-order valence-corrected chi connectivity index (χ2v) is 6.12. The maximum Gasteiger partial charge on any atom is 0.214 e. The number of nitrogens with two attached hydrogens (primary N) is 1. The van der Waals surface area contributed by atoms with E-state index in [-0.39, 0.29) is 0 Å². The molecule has 0 aliphatic carbocycles. The first-order valence-corrected chi connectivity index (χ1v) is 8.51. The molecule has 1 aromatic carbocycles. The lowest BCUT2D eigenvalue weighted by Gasteiger charge is -2.28. The zero-order valence-corrected chi connectivity index (χ0v) is 14.3. The molecule has 6 nitrogen and oxygen atoms in total. The maximum atomic E-state index is 11.5. The summed E-state index contributed by atoms with van der Waals surface area (Å²) in [6, 6.07) is 7.60. The molecular weight excluding hydrogens is 306 g/mol. The fourth-order valence-electron chi connectivity index (χ4n) is 3.03. The first-order valence-electron chi connectivity index (χ1n) is 8.51. The van der Waals surface area contributed by atoms with Crippen LogP contribution in [0.1, 0.15) is 18.9 Å². The number of hydrogen-bond acceptors (Lipinski definition) is 5. The summed E-state index contributed by atoms with van der Waals surface area (Å²) in [5, 5.41) is 0. The fourth-order valence-corrected chi connectivity index (χ4v) is 3.03. The zero-order chi connectivity index (χ0) is 17.4. The summed E-state index contributed by atoms with van der Waals surface area (Å²) in [6.07, 6.45) is 3.18. The van der Waals surface area contributed by atoms with Crippen molar-refractivity contribution >= 4 is 18.4 Å². The average Bonchev–Trinajstić information content (AvgIpc) is 3.14. The molecule has 1 aromatic rings. The summed E-state index contributed by atoms with van der Waals surface area (Å²) in [5.41, 5.74) is 7.48. The van der Waals surface area contributed by atoms with Gasteiger partial charge < -0.3 is 20.2 Å². The van der Waals surface area contributed by atoms with Crippen LogP contribution in [-0.2, 0) is 20.7 Å². The predicted molar refractivity (Wildman–Crippen MR) is 94.1 cm³/mol. The fraction of sp³-hybridized carbons (Fsp3) is 0.556.